The Hall–Kier alpha value is -1.74. The van der Waals surface area contributed by atoms with Gasteiger partial charge >= 0.3 is 0 Å². The summed E-state index contributed by atoms with van der Waals surface area (Å²) in [5.41, 5.74) is 3.61. The Kier molecular flexibility index (Phi) is 3.83. The minimum Gasteiger partial charge on any atom is -0.304 e. The highest BCUT2D eigenvalue weighted by atomic mass is 14.9. The SMILES string of the molecule is Cc1ccccc1[C@H](C)NCc1cnccn1. The van der Waals surface area contributed by atoms with E-state index in [1.807, 2.05) is 0 Å². The molecule has 0 saturated heterocycles. The minimum atomic E-state index is 0.318. The van der Waals surface area contributed by atoms with E-state index < -0.39 is 0 Å². The van der Waals surface area contributed by atoms with Gasteiger partial charge in [0.25, 0.3) is 0 Å². The first kappa shape index (κ1) is 11.7. The summed E-state index contributed by atoms with van der Waals surface area (Å²) in [5, 5.41) is 3.45. The van der Waals surface area contributed by atoms with Gasteiger partial charge in [-0.2, -0.15) is 0 Å². The van der Waals surface area contributed by atoms with Crippen LogP contribution in [-0.4, -0.2) is 9.97 Å². The molecule has 1 atom stereocenters. The maximum absolute atomic E-state index is 4.24. The number of nitrogens with zero attached hydrogens (tertiary/aromatic N) is 2. The zero-order chi connectivity index (χ0) is 12.1. The van der Waals surface area contributed by atoms with Gasteiger partial charge in [0.1, 0.15) is 0 Å². The zero-order valence-electron chi connectivity index (χ0n) is 10.2. The van der Waals surface area contributed by atoms with E-state index in [9.17, 15) is 0 Å². The lowest BCUT2D eigenvalue weighted by Crippen LogP contribution is -2.19. The van der Waals surface area contributed by atoms with E-state index in [1.165, 1.54) is 11.1 Å². The van der Waals surface area contributed by atoms with Crippen LogP contribution in [0.15, 0.2) is 42.9 Å². The van der Waals surface area contributed by atoms with Crippen molar-refractivity contribution >= 4 is 0 Å². The maximum Gasteiger partial charge on any atom is 0.0724 e. The van der Waals surface area contributed by atoms with Gasteiger partial charge in [-0.25, -0.2) is 0 Å². The van der Waals surface area contributed by atoms with Crippen molar-refractivity contribution in [2.45, 2.75) is 26.4 Å². The Bertz CT molecular complexity index is 468. The second-order valence-electron chi connectivity index (χ2n) is 4.16. The summed E-state index contributed by atoms with van der Waals surface area (Å²) in [6.45, 7) is 5.04. The molecule has 3 nitrogen and oxygen atoms in total. The Balaban J connectivity index is 1.99. The molecule has 1 N–H and O–H groups in total. The number of benzene rings is 1. The van der Waals surface area contributed by atoms with Crippen molar-refractivity contribution in [1.82, 2.24) is 15.3 Å². The molecule has 1 aromatic heterocycles. The van der Waals surface area contributed by atoms with Crippen LogP contribution >= 0.6 is 0 Å². The lowest BCUT2D eigenvalue weighted by Gasteiger charge is -2.16. The number of rotatable bonds is 4. The van der Waals surface area contributed by atoms with Gasteiger partial charge in [0.15, 0.2) is 0 Å². The van der Waals surface area contributed by atoms with E-state index in [4.69, 9.17) is 0 Å². The van der Waals surface area contributed by atoms with Gasteiger partial charge in [0, 0.05) is 31.2 Å². The molecule has 0 unspecified atom stereocenters. The molecular weight excluding hydrogens is 210 g/mol. The summed E-state index contributed by atoms with van der Waals surface area (Å²) in [6, 6.07) is 8.74. The predicted octanol–water partition coefficient (Wildman–Crippen LogP) is 2.64. The molecule has 0 amide bonds. The summed E-state index contributed by atoms with van der Waals surface area (Å²) in [4.78, 5) is 8.29. The van der Waals surface area contributed by atoms with Crippen LogP contribution in [-0.2, 0) is 6.54 Å². The standard InChI is InChI=1S/C14H17N3/c1-11-5-3-4-6-14(11)12(2)17-10-13-9-15-7-8-16-13/h3-9,12,17H,10H2,1-2H3/t12-/m0/s1. The molecule has 0 spiro atoms. The maximum atomic E-state index is 4.24. The van der Waals surface area contributed by atoms with E-state index in [2.05, 4.69) is 53.4 Å². The summed E-state index contributed by atoms with van der Waals surface area (Å²) < 4.78 is 0. The Morgan fingerprint density at radius 2 is 2.06 bits per heavy atom. The van der Waals surface area contributed by atoms with Crippen molar-refractivity contribution in [2.75, 3.05) is 0 Å². The summed E-state index contributed by atoms with van der Waals surface area (Å²) >= 11 is 0. The van der Waals surface area contributed by atoms with E-state index >= 15 is 0 Å². The van der Waals surface area contributed by atoms with Gasteiger partial charge in [-0.3, -0.25) is 9.97 Å². The lowest BCUT2D eigenvalue weighted by molar-refractivity contribution is 0.564. The monoisotopic (exact) mass is 227 g/mol. The fraction of sp³-hybridized carbons (Fsp3) is 0.286. The number of nitrogens with one attached hydrogen (secondary N) is 1. The van der Waals surface area contributed by atoms with E-state index in [0.29, 0.717) is 6.04 Å². The van der Waals surface area contributed by atoms with Crippen molar-refractivity contribution in [2.24, 2.45) is 0 Å². The zero-order valence-corrected chi connectivity index (χ0v) is 10.2. The van der Waals surface area contributed by atoms with Crippen molar-refractivity contribution < 1.29 is 0 Å². The highest BCUT2D eigenvalue weighted by Gasteiger charge is 2.07. The molecule has 0 aliphatic carbocycles. The molecule has 3 heteroatoms. The molecule has 17 heavy (non-hydrogen) atoms. The molecule has 1 heterocycles. The van der Waals surface area contributed by atoms with E-state index in [1.54, 1.807) is 18.6 Å². The Morgan fingerprint density at radius 1 is 1.24 bits per heavy atom. The van der Waals surface area contributed by atoms with E-state index in [-0.39, 0.29) is 0 Å². The van der Waals surface area contributed by atoms with E-state index in [0.717, 1.165) is 12.2 Å². The Labute approximate surface area is 102 Å². The number of aromatic nitrogens is 2. The summed E-state index contributed by atoms with van der Waals surface area (Å²) in [5.74, 6) is 0. The van der Waals surface area contributed by atoms with Crippen LogP contribution in [0.1, 0.15) is 29.8 Å². The number of hydrogen-bond donors (Lipinski definition) is 1. The average molecular weight is 227 g/mol. The second-order valence-corrected chi connectivity index (χ2v) is 4.16. The van der Waals surface area contributed by atoms with Gasteiger partial charge in [-0.15, -0.1) is 0 Å². The molecule has 88 valence electrons. The van der Waals surface area contributed by atoms with Gasteiger partial charge in [0.05, 0.1) is 5.69 Å². The van der Waals surface area contributed by atoms with Crippen LogP contribution in [0.5, 0.6) is 0 Å². The van der Waals surface area contributed by atoms with Gasteiger partial charge in [-0.05, 0) is 25.0 Å². The number of hydrogen-bond acceptors (Lipinski definition) is 3. The summed E-state index contributed by atoms with van der Waals surface area (Å²) in [7, 11) is 0. The third kappa shape index (κ3) is 3.11. The smallest absolute Gasteiger partial charge is 0.0724 e. The van der Waals surface area contributed by atoms with Crippen LogP contribution in [0.3, 0.4) is 0 Å². The molecule has 0 aliphatic heterocycles. The van der Waals surface area contributed by atoms with Gasteiger partial charge < -0.3 is 5.32 Å². The Morgan fingerprint density at radius 3 is 2.76 bits per heavy atom. The van der Waals surface area contributed by atoms with Gasteiger partial charge in [-0.1, -0.05) is 24.3 Å². The molecule has 0 saturated carbocycles. The van der Waals surface area contributed by atoms with Crippen LogP contribution in [0, 0.1) is 6.92 Å². The first-order chi connectivity index (χ1) is 8.27. The molecule has 0 bridgehead atoms. The third-order valence-corrected chi connectivity index (χ3v) is 2.86. The summed E-state index contributed by atoms with van der Waals surface area (Å²) in [6.07, 6.45) is 5.20. The molecule has 2 aromatic rings. The van der Waals surface area contributed by atoms with Crippen molar-refractivity contribution in [3.05, 3.63) is 59.7 Å². The molecule has 2 rings (SSSR count). The first-order valence-corrected chi connectivity index (χ1v) is 5.81. The van der Waals surface area contributed by atoms with Crippen LogP contribution in [0.25, 0.3) is 0 Å². The highest BCUT2D eigenvalue weighted by Crippen LogP contribution is 2.16. The quantitative estimate of drug-likeness (QED) is 0.872. The van der Waals surface area contributed by atoms with Gasteiger partial charge in [0.2, 0.25) is 0 Å². The fourth-order valence-electron chi connectivity index (χ4n) is 1.86. The molecular formula is C14H17N3. The lowest BCUT2D eigenvalue weighted by atomic mass is 10.0. The third-order valence-electron chi connectivity index (χ3n) is 2.86. The largest absolute Gasteiger partial charge is 0.304 e. The minimum absolute atomic E-state index is 0.318. The predicted molar refractivity (Wildman–Crippen MR) is 68.5 cm³/mol. The fourth-order valence-corrected chi connectivity index (χ4v) is 1.86. The molecule has 0 aliphatic rings. The van der Waals surface area contributed by atoms with Crippen molar-refractivity contribution in [3.63, 3.8) is 0 Å². The second kappa shape index (κ2) is 5.55. The first-order valence-electron chi connectivity index (χ1n) is 5.81. The average Bonchev–Trinajstić information content (AvgIpc) is 2.38. The molecule has 1 aromatic carbocycles. The van der Waals surface area contributed by atoms with Crippen molar-refractivity contribution in [1.29, 1.82) is 0 Å². The normalized spacial score (nSPS) is 12.4. The topological polar surface area (TPSA) is 37.8 Å². The molecule has 0 radical (unpaired) electrons. The molecule has 0 fully saturated rings. The van der Waals surface area contributed by atoms with Crippen LogP contribution < -0.4 is 5.32 Å². The van der Waals surface area contributed by atoms with Crippen LogP contribution in [0.2, 0.25) is 0 Å². The highest BCUT2D eigenvalue weighted by molar-refractivity contribution is 5.28. The van der Waals surface area contributed by atoms with Crippen molar-refractivity contribution in [3.8, 4) is 0 Å². The number of aryl methyl sites for hydroxylation is 1. The van der Waals surface area contributed by atoms with Crippen LogP contribution in [0.4, 0.5) is 0 Å².